The molecule has 2 atom stereocenters. The van der Waals surface area contributed by atoms with E-state index in [-0.39, 0.29) is 38.3 Å². The van der Waals surface area contributed by atoms with Crippen molar-refractivity contribution in [2.24, 2.45) is 17.6 Å². The molecule has 2 unspecified atom stereocenters. The van der Waals surface area contributed by atoms with Gasteiger partial charge in [-0.1, -0.05) is 6.92 Å². The number of rotatable bonds is 6. The number of hydrogen-bond donors (Lipinski definition) is 3. The van der Waals surface area contributed by atoms with Gasteiger partial charge in [-0.25, -0.2) is 4.79 Å². The van der Waals surface area contributed by atoms with E-state index < -0.39 is 17.8 Å². The molecular formula is C11H19N3O5. The Bertz CT molecular complexity index is 360. The zero-order chi connectivity index (χ0) is 14.4. The van der Waals surface area contributed by atoms with Gasteiger partial charge in [-0.2, -0.15) is 0 Å². The number of hydrogen-bond acceptors (Lipinski definition) is 4. The Hall–Kier alpha value is -1.83. The number of nitrogens with one attached hydrogen (secondary N) is 1. The molecule has 108 valence electrons. The second-order valence-electron chi connectivity index (χ2n) is 4.58. The third kappa shape index (κ3) is 4.74. The molecule has 1 heterocycles. The van der Waals surface area contributed by atoms with Crippen molar-refractivity contribution in [2.75, 3.05) is 32.8 Å². The number of carbonyl (C=O) groups is 3. The van der Waals surface area contributed by atoms with Crippen LogP contribution in [0.4, 0.5) is 4.79 Å². The molecular weight excluding hydrogens is 254 g/mol. The molecule has 4 N–H and O–H groups in total. The molecule has 8 heteroatoms. The Labute approximate surface area is 110 Å². The van der Waals surface area contributed by atoms with E-state index in [4.69, 9.17) is 15.6 Å². The summed E-state index contributed by atoms with van der Waals surface area (Å²) in [7, 11) is 0. The van der Waals surface area contributed by atoms with Crippen molar-refractivity contribution < 1.29 is 24.2 Å². The molecule has 0 saturated carbocycles. The van der Waals surface area contributed by atoms with E-state index in [1.165, 1.54) is 4.90 Å². The molecule has 0 aromatic carbocycles. The smallest absolute Gasteiger partial charge is 0.317 e. The minimum absolute atomic E-state index is 0.0608. The van der Waals surface area contributed by atoms with Gasteiger partial charge in [0.1, 0.15) is 6.61 Å². The van der Waals surface area contributed by atoms with Gasteiger partial charge < -0.3 is 25.8 Å². The molecule has 0 aromatic heterocycles. The SMILES string of the molecule is CC1CN(C(=O)NCCOCC(N)=O)CC1C(=O)O. The predicted molar refractivity (Wildman–Crippen MR) is 65.3 cm³/mol. The van der Waals surface area contributed by atoms with Crippen molar-refractivity contribution in [3.05, 3.63) is 0 Å². The van der Waals surface area contributed by atoms with Crippen LogP contribution >= 0.6 is 0 Å². The molecule has 0 spiro atoms. The summed E-state index contributed by atoms with van der Waals surface area (Å²) in [4.78, 5) is 34.5. The Kier molecular flexibility index (Phi) is 5.56. The van der Waals surface area contributed by atoms with Gasteiger partial charge in [0, 0.05) is 19.6 Å². The third-order valence-electron chi connectivity index (χ3n) is 2.98. The van der Waals surface area contributed by atoms with Gasteiger partial charge in [-0.05, 0) is 5.92 Å². The van der Waals surface area contributed by atoms with E-state index in [0.29, 0.717) is 6.54 Å². The summed E-state index contributed by atoms with van der Waals surface area (Å²) in [5, 5.41) is 11.6. The molecule has 1 aliphatic rings. The number of carboxylic acids is 1. The molecule has 8 nitrogen and oxygen atoms in total. The molecule has 1 rings (SSSR count). The van der Waals surface area contributed by atoms with Gasteiger partial charge in [0.25, 0.3) is 0 Å². The van der Waals surface area contributed by atoms with E-state index in [2.05, 4.69) is 5.32 Å². The predicted octanol–water partition coefficient (Wildman–Crippen LogP) is -1.15. The van der Waals surface area contributed by atoms with Crippen LogP contribution in [0, 0.1) is 11.8 Å². The summed E-state index contributed by atoms with van der Waals surface area (Å²) in [6, 6.07) is -0.321. The van der Waals surface area contributed by atoms with Crippen LogP contribution in [-0.2, 0) is 14.3 Å². The van der Waals surface area contributed by atoms with Crippen LogP contribution < -0.4 is 11.1 Å². The number of nitrogens with two attached hydrogens (primary N) is 1. The average Bonchev–Trinajstić information content (AvgIpc) is 2.70. The van der Waals surface area contributed by atoms with Crippen LogP contribution in [0.25, 0.3) is 0 Å². The third-order valence-corrected chi connectivity index (χ3v) is 2.98. The number of nitrogens with zero attached hydrogens (tertiary/aromatic N) is 1. The summed E-state index contributed by atoms with van der Waals surface area (Å²) >= 11 is 0. The summed E-state index contributed by atoms with van der Waals surface area (Å²) in [6.45, 7) is 2.68. The molecule has 1 aliphatic heterocycles. The molecule has 3 amide bonds. The Balaban J connectivity index is 2.24. The zero-order valence-corrected chi connectivity index (χ0v) is 10.8. The number of primary amides is 1. The van der Waals surface area contributed by atoms with Crippen LogP contribution in [0.2, 0.25) is 0 Å². The maximum absolute atomic E-state index is 11.7. The lowest BCUT2D eigenvalue weighted by Crippen LogP contribution is -2.40. The van der Waals surface area contributed by atoms with Crippen molar-refractivity contribution in [3.63, 3.8) is 0 Å². The van der Waals surface area contributed by atoms with Crippen molar-refractivity contribution in [1.82, 2.24) is 10.2 Å². The second kappa shape index (κ2) is 6.93. The van der Waals surface area contributed by atoms with Crippen molar-refractivity contribution in [3.8, 4) is 0 Å². The summed E-state index contributed by atoms with van der Waals surface area (Å²) < 4.78 is 4.89. The highest BCUT2D eigenvalue weighted by Gasteiger charge is 2.36. The van der Waals surface area contributed by atoms with Crippen LogP contribution in [0.1, 0.15) is 6.92 Å². The first-order valence-electron chi connectivity index (χ1n) is 6.03. The lowest BCUT2D eigenvalue weighted by atomic mass is 9.99. The van der Waals surface area contributed by atoms with Crippen LogP contribution in [0.5, 0.6) is 0 Å². The fraction of sp³-hybridized carbons (Fsp3) is 0.727. The number of carbonyl (C=O) groups excluding carboxylic acids is 2. The highest BCUT2D eigenvalue weighted by atomic mass is 16.5. The number of carboxylic acid groups (broad SMARTS) is 1. The van der Waals surface area contributed by atoms with E-state index in [0.717, 1.165) is 0 Å². The first kappa shape index (κ1) is 15.2. The van der Waals surface area contributed by atoms with Crippen LogP contribution in [-0.4, -0.2) is 60.8 Å². The summed E-state index contributed by atoms with van der Waals surface area (Å²) in [5.74, 6) is -2.03. The molecule has 0 aliphatic carbocycles. The van der Waals surface area contributed by atoms with E-state index >= 15 is 0 Å². The zero-order valence-electron chi connectivity index (χ0n) is 10.8. The number of likely N-dealkylation sites (tertiary alicyclic amines) is 1. The monoisotopic (exact) mass is 273 g/mol. The molecule has 1 fully saturated rings. The summed E-state index contributed by atoms with van der Waals surface area (Å²) in [6.07, 6.45) is 0. The maximum atomic E-state index is 11.7. The van der Waals surface area contributed by atoms with Crippen molar-refractivity contribution in [1.29, 1.82) is 0 Å². The molecule has 0 aromatic rings. The van der Waals surface area contributed by atoms with Crippen molar-refractivity contribution in [2.45, 2.75) is 6.92 Å². The Morgan fingerprint density at radius 1 is 1.42 bits per heavy atom. The fourth-order valence-electron chi connectivity index (χ4n) is 1.97. The van der Waals surface area contributed by atoms with Gasteiger partial charge in [-0.15, -0.1) is 0 Å². The van der Waals surface area contributed by atoms with Gasteiger partial charge in [0.15, 0.2) is 0 Å². The molecule has 0 radical (unpaired) electrons. The van der Waals surface area contributed by atoms with Gasteiger partial charge in [-0.3, -0.25) is 9.59 Å². The lowest BCUT2D eigenvalue weighted by molar-refractivity contribution is -0.142. The minimum atomic E-state index is -0.882. The molecule has 19 heavy (non-hydrogen) atoms. The quantitative estimate of drug-likeness (QED) is 0.527. The lowest BCUT2D eigenvalue weighted by Gasteiger charge is -2.16. The Morgan fingerprint density at radius 3 is 2.63 bits per heavy atom. The highest BCUT2D eigenvalue weighted by molar-refractivity contribution is 5.77. The molecule has 0 bridgehead atoms. The van der Waals surface area contributed by atoms with Gasteiger partial charge >= 0.3 is 12.0 Å². The maximum Gasteiger partial charge on any atom is 0.317 e. The normalized spacial score (nSPS) is 22.3. The summed E-state index contributed by atoms with van der Waals surface area (Å²) in [5.41, 5.74) is 4.88. The van der Waals surface area contributed by atoms with Crippen LogP contribution in [0.15, 0.2) is 0 Å². The van der Waals surface area contributed by atoms with Crippen molar-refractivity contribution >= 4 is 17.9 Å². The molecule has 1 saturated heterocycles. The standard InChI is InChI=1S/C11H19N3O5/c1-7-4-14(5-8(7)10(16)17)11(18)13-2-3-19-6-9(12)15/h7-8H,2-6H2,1H3,(H2,12,15)(H,13,18)(H,16,17). The van der Waals surface area contributed by atoms with Gasteiger partial charge in [0.2, 0.25) is 5.91 Å². The number of amides is 3. The highest BCUT2D eigenvalue weighted by Crippen LogP contribution is 2.22. The average molecular weight is 273 g/mol. The van der Waals surface area contributed by atoms with E-state index in [1.807, 2.05) is 6.92 Å². The van der Waals surface area contributed by atoms with Gasteiger partial charge in [0.05, 0.1) is 12.5 Å². The minimum Gasteiger partial charge on any atom is -0.481 e. The number of ether oxygens (including phenoxy) is 1. The number of aliphatic carboxylic acids is 1. The topological polar surface area (TPSA) is 122 Å². The largest absolute Gasteiger partial charge is 0.481 e. The second-order valence-corrected chi connectivity index (χ2v) is 4.58. The fourth-order valence-corrected chi connectivity index (χ4v) is 1.97. The first-order valence-corrected chi connectivity index (χ1v) is 6.03. The van der Waals surface area contributed by atoms with E-state index in [1.54, 1.807) is 0 Å². The van der Waals surface area contributed by atoms with E-state index in [9.17, 15) is 14.4 Å². The number of urea groups is 1. The first-order chi connectivity index (χ1) is 8.91. The Morgan fingerprint density at radius 2 is 2.11 bits per heavy atom. The van der Waals surface area contributed by atoms with Crippen LogP contribution in [0.3, 0.4) is 0 Å².